The van der Waals surface area contributed by atoms with Gasteiger partial charge in [0.25, 0.3) is 0 Å². The summed E-state index contributed by atoms with van der Waals surface area (Å²) in [6.07, 6.45) is 2.31. The van der Waals surface area contributed by atoms with Gasteiger partial charge in [-0.15, -0.1) is 0 Å². The second kappa shape index (κ2) is 5.80. The Bertz CT molecular complexity index is 435. The first kappa shape index (κ1) is 12.8. The van der Waals surface area contributed by atoms with E-state index < -0.39 is 0 Å². The summed E-state index contributed by atoms with van der Waals surface area (Å²) in [5, 5.41) is 3.56. The lowest BCUT2D eigenvalue weighted by Crippen LogP contribution is -2.34. The van der Waals surface area contributed by atoms with Gasteiger partial charge in [-0.25, -0.2) is 0 Å². The highest BCUT2D eigenvalue weighted by Crippen LogP contribution is 2.33. The first-order valence-electron chi connectivity index (χ1n) is 7.07. The van der Waals surface area contributed by atoms with Crippen molar-refractivity contribution in [1.82, 2.24) is 5.32 Å². The minimum Gasteiger partial charge on any atom is -0.490 e. The van der Waals surface area contributed by atoms with Crippen molar-refractivity contribution in [2.75, 3.05) is 19.8 Å². The third kappa shape index (κ3) is 2.85. The minimum atomic E-state index is 0.291. The molecule has 3 rings (SSSR count). The maximum atomic E-state index is 5.83. The van der Waals surface area contributed by atoms with Crippen LogP contribution in [-0.4, -0.2) is 32.0 Å². The van der Waals surface area contributed by atoms with E-state index in [0.717, 1.165) is 50.7 Å². The summed E-state index contributed by atoms with van der Waals surface area (Å²) in [5.41, 5.74) is 1.17. The number of fused-ring (bicyclic) bond motifs is 1. The monoisotopic (exact) mass is 263 g/mol. The Morgan fingerprint density at radius 2 is 2.11 bits per heavy atom. The van der Waals surface area contributed by atoms with Crippen LogP contribution in [0.15, 0.2) is 18.2 Å². The van der Waals surface area contributed by atoms with Crippen molar-refractivity contribution in [3.05, 3.63) is 23.8 Å². The third-order valence-corrected chi connectivity index (χ3v) is 3.78. The number of hydrogen-bond donors (Lipinski definition) is 1. The molecule has 0 aromatic heterocycles. The fraction of sp³-hybridized carbons (Fsp3) is 0.600. The zero-order chi connectivity index (χ0) is 13.1. The van der Waals surface area contributed by atoms with Crippen LogP contribution in [0.5, 0.6) is 11.5 Å². The predicted octanol–water partition coefficient (Wildman–Crippen LogP) is 2.11. The van der Waals surface area contributed by atoms with Crippen molar-refractivity contribution in [2.45, 2.75) is 38.5 Å². The summed E-state index contributed by atoms with van der Waals surface area (Å²) in [7, 11) is 0. The van der Waals surface area contributed by atoms with Crippen LogP contribution in [0.2, 0.25) is 0 Å². The van der Waals surface area contributed by atoms with Crippen molar-refractivity contribution in [1.29, 1.82) is 0 Å². The Kier molecular flexibility index (Phi) is 3.89. The number of para-hydroxylation sites is 1. The number of rotatable bonds is 3. The zero-order valence-corrected chi connectivity index (χ0v) is 11.4. The SMILES string of the molecule is CC1OCCC1NCc1cccc2c1OCCCO2. The van der Waals surface area contributed by atoms with Crippen LogP contribution in [0.1, 0.15) is 25.3 Å². The Labute approximate surface area is 114 Å². The molecule has 4 heteroatoms. The fourth-order valence-corrected chi connectivity index (χ4v) is 2.63. The van der Waals surface area contributed by atoms with Gasteiger partial charge in [0.15, 0.2) is 11.5 Å². The van der Waals surface area contributed by atoms with Crippen molar-refractivity contribution in [3.63, 3.8) is 0 Å². The molecule has 19 heavy (non-hydrogen) atoms. The molecule has 0 saturated carbocycles. The van der Waals surface area contributed by atoms with E-state index in [2.05, 4.69) is 18.3 Å². The standard InChI is InChI=1S/C15H21NO3/c1-11-13(6-9-17-11)16-10-12-4-2-5-14-15(12)19-8-3-7-18-14/h2,4-5,11,13,16H,3,6-10H2,1H3. The molecule has 1 N–H and O–H groups in total. The fourth-order valence-electron chi connectivity index (χ4n) is 2.63. The minimum absolute atomic E-state index is 0.291. The van der Waals surface area contributed by atoms with E-state index in [1.165, 1.54) is 5.56 Å². The van der Waals surface area contributed by atoms with Crippen LogP contribution in [0.4, 0.5) is 0 Å². The van der Waals surface area contributed by atoms with Gasteiger partial charge in [0, 0.05) is 31.2 Å². The molecule has 2 unspecified atom stereocenters. The first-order valence-corrected chi connectivity index (χ1v) is 7.07. The van der Waals surface area contributed by atoms with Crippen molar-refractivity contribution < 1.29 is 14.2 Å². The summed E-state index contributed by atoms with van der Waals surface area (Å²) in [4.78, 5) is 0. The van der Waals surface area contributed by atoms with E-state index in [1.807, 2.05) is 12.1 Å². The van der Waals surface area contributed by atoms with E-state index in [4.69, 9.17) is 14.2 Å². The molecule has 0 bridgehead atoms. The molecule has 1 aromatic rings. The van der Waals surface area contributed by atoms with Gasteiger partial charge in [-0.2, -0.15) is 0 Å². The van der Waals surface area contributed by atoms with Crippen molar-refractivity contribution >= 4 is 0 Å². The lowest BCUT2D eigenvalue weighted by atomic mass is 10.1. The molecule has 1 saturated heterocycles. The van der Waals surface area contributed by atoms with Gasteiger partial charge in [-0.1, -0.05) is 12.1 Å². The molecule has 2 atom stereocenters. The molecule has 2 aliphatic rings. The average molecular weight is 263 g/mol. The van der Waals surface area contributed by atoms with E-state index in [0.29, 0.717) is 12.1 Å². The molecular formula is C15H21NO3. The largest absolute Gasteiger partial charge is 0.490 e. The average Bonchev–Trinajstić information content (AvgIpc) is 2.69. The molecule has 2 aliphatic heterocycles. The number of ether oxygens (including phenoxy) is 3. The van der Waals surface area contributed by atoms with Gasteiger partial charge in [-0.05, 0) is 19.4 Å². The molecular weight excluding hydrogens is 242 g/mol. The normalized spacial score (nSPS) is 26.2. The Balaban J connectivity index is 1.70. The molecule has 1 fully saturated rings. The van der Waals surface area contributed by atoms with Crippen molar-refractivity contribution in [3.8, 4) is 11.5 Å². The Morgan fingerprint density at radius 3 is 2.95 bits per heavy atom. The van der Waals surface area contributed by atoms with Crippen LogP contribution in [-0.2, 0) is 11.3 Å². The zero-order valence-electron chi connectivity index (χ0n) is 11.4. The van der Waals surface area contributed by atoms with Gasteiger partial charge in [-0.3, -0.25) is 0 Å². The summed E-state index contributed by atoms with van der Waals surface area (Å²) < 4.78 is 17.1. The molecule has 2 heterocycles. The third-order valence-electron chi connectivity index (χ3n) is 3.78. The van der Waals surface area contributed by atoms with E-state index in [9.17, 15) is 0 Å². The molecule has 0 aliphatic carbocycles. The van der Waals surface area contributed by atoms with Crippen LogP contribution in [0, 0.1) is 0 Å². The van der Waals surface area contributed by atoms with Crippen LogP contribution in [0.25, 0.3) is 0 Å². The van der Waals surface area contributed by atoms with E-state index >= 15 is 0 Å². The predicted molar refractivity (Wildman–Crippen MR) is 72.7 cm³/mol. The summed E-state index contributed by atoms with van der Waals surface area (Å²) in [5.74, 6) is 1.77. The lowest BCUT2D eigenvalue weighted by Gasteiger charge is -2.18. The van der Waals surface area contributed by atoms with Crippen LogP contribution in [0.3, 0.4) is 0 Å². The van der Waals surface area contributed by atoms with Gasteiger partial charge in [0.1, 0.15) is 0 Å². The van der Waals surface area contributed by atoms with Crippen LogP contribution < -0.4 is 14.8 Å². The molecule has 1 aromatic carbocycles. The highest BCUT2D eigenvalue weighted by atomic mass is 16.5. The molecule has 4 nitrogen and oxygen atoms in total. The Morgan fingerprint density at radius 1 is 1.21 bits per heavy atom. The maximum Gasteiger partial charge on any atom is 0.165 e. The summed E-state index contributed by atoms with van der Waals surface area (Å²) in [6.45, 7) is 5.23. The van der Waals surface area contributed by atoms with Gasteiger partial charge >= 0.3 is 0 Å². The second-order valence-electron chi connectivity index (χ2n) is 5.15. The summed E-state index contributed by atoms with van der Waals surface area (Å²) >= 11 is 0. The number of benzene rings is 1. The lowest BCUT2D eigenvalue weighted by molar-refractivity contribution is 0.113. The molecule has 0 amide bonds. The molecule has 104 valence electrons. The summed E-state index contributed by atoms with van der Waals surface area (Å²) in [6, 6.07) is 6.54. The second-order valence-corrected chi connectivity index (χ2v) is 5.15. The van der Waals surface area contributed by atoms with Gasteiger partial charge in [0.2, 0.25) is 0 Å². The molecule has 0 spiro atoms. The topological polar surface area (TPSA) is 39.7 Å². The van der Waals surface area contributed by atoms with Crippen molar-refractivity contribution in [2.24, 2.45) is 0 Å². The molecule has 0 radical (unpaired) electrons. The van der Waals surface area contributed by atoms with E-state index in [-0.39, 0.29) is 0 Å². The highest BCUT2D eigenvalue weighted by molar-refractivity contribution is 5.47. The smallest absolute Gasteiger partial charge is 0.165 e. The van der Waals surface area contributed by atoms with Gasteiger partial charge < -0.3 is 19.5 Å². The highest BCUT2D eigenvalue weighted by Gasteiger charge is 2.24. The quantitative estimate of drug-likeness (QED) is 0.906. The van der Waals surface area contributed by atoms with Crippen LogP contribution >= 0.6 is 0 Å². The van der Waals surface area contributed by atoms with Gasteiger partial charge in [0.05, 0.1) is 19.3 Å². The Hall–Kier alpha value is -1.26. The van der Waals surface area contributed by atoms with E-state index in [1.54, 1.807) is 0 Å². The maximum absolute atomic E-state index is 5.83. The number of hydrogen-bond acceptors (Lipinski definition) is 4. The first-order chi connectivity index (χ1) is 9.34. The number of nitrogens with one attached hydrogen (secondary N) is 1.